The Kier molecular flexibility index (Phi) is 1.81. The lowest BCUT2D eigenvalue weighted by molar-refractivity contribution is 0.409. The SMILES string of the molecule is COc1cc2[nH]ccc2c(O)c1Cl. The molecule has 0 fully saturated rings. The Morgan fingerprint density at radius 1 is 1.54 bits per heavy atom. The quantitative estimate of drug-likeness (QED) is 0.738. The molecule has 1 aromatic carbocycles. The molecule has 68 valence electrons. The van der Waals surface area contributed by atoms with Crippen LogP contribution >= 0.6 is 11.6 Å². The minimum Gasteiger partial charge on any atom is -0.506 e. The van der Waals surface area contributed by atoms with Crippen molar-refractivity contribution in [2.24, 2.45) is 0 Å². The van der Waals surface area contributed by atoms with Crippen molar-refractivity contribution in [3.8, 4) is 11.5 Å². The van der Waals surface area contributed by atoms with Crippen LogP contribution in [-0.2, 0) is 0 Å². The van der Waals surface area contributed by atoms with E-state index in [1.54, 1.807) is 18.3 Å². The largest absolute Gasteiger partial charge is 0.506 e. The van der Waals surface area contributed by atoms with Gasteiger partial charge in [-0.25, -0.2) is 0 Å². The third-order valence-corrected chi connectivity index (χ3v) is 2.32. The Morgan fingerprint density at radius 3 is 3.00 bits per heavy atom. The van der Waals surface area contributed by atoms with Crippen molar-refractivity contribution in [1.29, 1.82) is 0 Å². The van der Waals surface area contributed by atoms with Crippen molar-refractivity contribution in [2.75, 3.05) is 7.11 Å². The number of halogens is 1. The Balaban J connectivity index is 2.83. The molecule has 13 heavy (non-hydrogen) atoms. The van der Waals surface area contributed by atoms with Gasteiger partial charge in [0.15, 0.2) is 0 Å². The highest BCUT2D eigenvalue weighted by Crippen LogP contribution is 2.39. The van der Waals surface area contributed by atoms with Gasteiger partial charge in [0.25, 0.3) is 0 Å². The van der Waals surface area contributed by atoms with E-state index in [1.165, 1.54) is 7.11 Å². The lowest BCUT2D eigenvalue weighted by atomic mass is 10.2. The first-order valence-electron chi connectivity index (χ1n) is 3.76. The van der Waals surface area contributed by atoms with Crippen LogP contribution in [0, 0.1) is 0 Å². The summed E-state index contributed by atoms with van der Waals surface area (Å²) in [6, 6.07) is 3.51. The van der Waals surface area contributed by atoms with Gasteiger partial charge >= 0.3 is 0 Å². The highest BCUT2D eigenvalue weighted by molar-refractivity contribution is 6.34. The predicted molar refractivity (Wildman–Crippen MR) is 51.5 cm³/mol. The molecular formula is C9H8ClNO2. The summed E-state index contributed by atoms with van der Waals surface area (Å²) in [6.07, 6.45) is 1.74. The number of benzene rings is 1. The number of aromatic amines is 1. The fourth-order valence-corrected chi connectivity index (χ4v) is 1.52. The van der Waals surface area contributed by atoms with Crippen LogP contribution in [-0.4, -0.2) is 17.2 Å². The van der Waals surface area contributed by atoms with Crippen LogP contribution in [0.25, 0.3) is 10.9 Å². The molecule has 0 saturated heterocycles. The van der Waals surface area contributed by atoms with Crippen molar-refractivity contribution in [2.45, 2.75) is 0 Å². The van der Waals surface area contributed by atoms with Gasteiger partial charge in [-0.2, -0.15) is 0 Å². The maximum atomic E-state index is 9.63. The number of nitrogens with one attached hydrogen (secondary N) is 1. The number of ether oxygens (including phenoxy) is 1. The van der Waals surface area contributed by atoms with Gasteiger partial charge in [0.1, 0.15) is 16.5 Å². The molecule has 0 unspecified atom stereocenters. The van der Waals surface area contributed by atoms with Crippen LogP contribution in [0.2, 0.25) is 5.02 Å². The number of H-pyrrole nitrogens is 1. The average molecular weight is 198 g/mol. The second kappa shape index (κ2) is 2.85. The van der Waals surface area contributed by atoms with Crippen molar-refractivity contribution >= 4 is 22.5 Å². The molecule has 0 aliphatic carbocycles. The summed E-state index contributed by atoms with van der Waals surface area (Å²) in [5, 5.41) is 10.6. The van der Waals surface area contributed by atoms with Crippen LogP contribution in [0.4, 0.5) is 0 Å². The summed E-state index contributed by atoms with van der Waals surface area (Å²) >= 11 is 5.84. The van der Waals surface area contributed by atoms with E-state index in [-0.39, 0.29) is 10.8 Å². The van der Waals surface area contributed by atoms with Gasteiger partial charge in [-0.3, -0.25) is 0 Å². The predicted octanol–water partition coefficient (Wildman–Crippen LogP) is 2.54. The fourth-order valence-electron chi connectivity index (χ4n) is 1.29. The van der Waals surface area contributed by atoms with Gasteiger partial charge in [0.05, 0.1) is 12.6 Å². The van der Waals surface area contributed by atoms with Gasteiger partial charge in [-0.05, 0) is 6.07 Å². The topological polar surface area (TPSA) is 45.2 Å². The van der Waals surface area contributed by atoms with Gasteiger partial charge < -0.3 is 14.8 Å². The number of methoxy groups -OCH3 is 1. The Labute approximate surface area is 79.9 Å². The zero-order valence-electron chi connectivity index (χ0n) is 6.97. The molecular weight excluding hydrogens is 190 g/mol. The zero-order valence-corrected chi connectivity index (χ0v) is 7.72. The van der Waals surface area contributed by atoms with Crippen LogP contribution < -0.4 is 4.74 Å². The second-order valence-electron chi connectivity index (χ2n) is 2.68. The van der Waals surface area contributed by atoms with E-state index in [1.807, 2.05) is 0 Å². The van der Waals surface area contributed by atoms with Gasteiger partial charge in [0.2, 0.25) is 0 Å². The van der Waals surface area contributed by atoms with Crippen molar-refractivity contribution in [3.05, 3.63) is 23.4 Å². The highest BCUT2D eigenvalue weighted by Gasteiger charge is 2.11. The smallest absolute Gasteiger partial charge is 0.147 e. The molecule has 2 aromatic rings. The lowest BCUT2D eigenvalue weighted by Crippen LogP contribution is -1.84. The molecule has 4 heteroatoms. The summed E-state index contributed by atoms with van der Waals surface area (Å²) in [7, 11) is 1.51. The van der Waals surface area contributed by atoms with Crippen molar-refractivity contribution in [3.63, 3.8) is 0 Å². The summed E-state index contributed by atoms with van der Waals surface area (Å²) < 4.78 is 4.99. The first kappa shape index (κ1) is 8.26. The molecule has 0 spiro atoms. The van der Waals surface area contributed by atoms with Crippen LogP contribution in [0.3, 0.4) is 0 Å². The Hall–Kier alpha value is -1.35. The van der Waals surface area contributed by atoms with E-state index in [0.29, 0.717) is 11.1 Å². The Morgan fingerprint density at radius 2 is 2.31 bits per heavy atom. The summed E-state index contributed by atoms with van der Waals surface area (Å²) in [4.78, 5) is 2.96. The van der Waals surface area contributed by atoms with E-state index in [9.17, 15) is 5.11 Å². The number of hydrogen-bond donors (Lipinski definition) is 2. The summed E-state index contributed by atoms with van der Waals surface area (Å²) in [6.45, 7) is 0. The van der Waals surface area contributed by atoms with Crippen LogP contribution in [0.15, 0.2) is 18.3 Å². The standard InChI is InChI=1S/C9H8ClNO2/c1-13-7-4-6-5(2-3-11-6)9(12)8(7)10/h2-4,11-12H,1H3. The van der Waals surface area contributed by atoms with E-state index in [0.717, 1.165) is 5.52 Å². The fraction of sp³-hybridized carbons (Fsp3) is 0.111. The number of aromatic hydroxyl groups is 1. The van der Waals surface area contributed by atoms with Crippen molar-refractivity contribution in [1.82, 2.24) is 4.98 Å². The molecule has 0 amide bonds. The van der Waals surface area contributed by atoms with Crippen molar-refractivity contribution < 1.29 is 9.84 Å². The number of phenolic OH excluding ortho intramolecular Hbond substituents is 1. The number of phenols is 1. The van der Waals surface area contributed by atoms with Gasteiger partial charge in [-0.15, -0.1) is 0 Å². The molecule has 0 bridgehead atoms. The maximum Gasteiger partial charge on any atom is 0.147 e. The molecule has 2 rings (SSSR count). The highest BCUT2D eigenvalue weighted by atomic mass is 35.5. The number of fused-ring (bicyclic) bond motifs is 1. The monoisotopic (exact) mass is 197 g/mol. The van der Waals surface area contributed by atoms with E-state index < -0.39 is 0 Å². The minimum atomic E-state index is 0.0530. The first-order valence-corrected chi connectivity index (χ1v) is 4.14. The minimum absolute atomic E-state index is 0.0530. The normalized spacial score (nSPS) is 10.6. The molecule has 0 aliphatic rings. The molecule has 1 heterocycles. The van der Waals surface area contributed by atoms with E-state index in [2.05, 4.69) is 4.98 Å². The molecule has 2 N–H and O–H groups in total. The summed E-state index contributed by atoms with van der Waals surface area (Å²) in [5.74, 6) is 0.520. The number of rotatable bonds is 1. The molecule has 0 saturated carbocycles. The van der Waals surface area contributed by atoms with Crippen LogP contribution in [0.1, 0.15) is 0 Å². The molecule has 0 atom stereocenters. The van der Waals surface area contributed by atoms with Gasteiger partial charge in [0, 0.05) is 17.6 Å². The lowest BCUT2D eigenvalue weighted by Gasteiger charge is -2.05. The summed E-state index contributed by atoms with van der Waals surface area (Å²) in [5.41, 5.74) is 0.804. The second-order valence-corrected chi connectivity index (χ2v) is 3.06. The van der Waals surface area contributed by atoms with E-state index >= 15 is 0 Å². The third kappa shape index (κ3) is 1.12. The number of hydrogen-bond acceptors (Lipinski definition) is 2. The van der Waals surface area contributed by atoms with Crippen LogP contribution in [0.5, 0.6) is 11.5 Å². The maximum absolute atomic E-state index is 9.63. The third-order valence-electron chi connectivity index (χ3n) is 1.95. The van der Waals surface area contributed by atoms with E-state index in [4.69, 9.17) is 16.3 Å². The molecule has 1 aromatic heterocycles. The Bertz CT molecular complexity index is 450. The average Bonchev–Trinajstić information content (AvgIpc) is 2.59. The molecule has 0 aliphatic heterocycles. The number of aromatic nitrogens is 1. The van der Waals surface area contributed by atoms with Gasteiger partial charge in [-0.1, -0.05) is 11.6 Å². The molecule has 0 radical (unpaired) electrons. The molecule has 3 nitrogen and oxygen atoms in total. The zero-order chi connectivity index (χ0) is 9.42. The first-order chi connectivity index (χ1) is 6.24.